The first-order valence-corrected chi connectivity index (χ1v) is 11.5. The molecule has 0 unspecified atom stereocenters. The molecule has 7 heteroatoms. The van der Waals surface area contributed by atoms with E-state index in [1.807, 2.05) is 47.8 Å². The van der Waals surface area contributed by atoms with Crippen LogP contribution in [0.15, 0.2) is 52.3 Å². The molecular formula is C23H25BrN2O3S. The summed E-state index contributed by atoms with van der Waals surface area (Å²) >= 11 is 4.86. The molecule has 3 rings (SSSR count). The second-order valence-corrected chi connectivity index (χ2v) is 8.86. The fourth-order valence-electron chi connectivity index (χ4n) is 2.81. The molecule has 5 nitrogen and oxygen atoms in total. The van der Waals surface area contributed by atoms with Crippen molar-refractivity contribution >= 4 is 38.3 Å². The normalized spacial score (nSPS) is 10.8. The van der Waals surface area contributed by atoms with Gasteiger partial charge in [-0.3, -0.25) is 10.1 Å². The summed E-state index contributed by atoms with van der Waals surface area (Å²) in [5.41, 5.74) is 2.84. The lowest BCUT2D eigenvalue weighted by Gasteiger charge is -2.14. The number of carbonyl (C=O) groups is 1. The molecule has 0 bridgehead atoms. The lowest BCUT2D eigenvalue weighted by atomic mass is 10.0. The van der Waals surface area contributed by atoms with Gasteiger partial charge in [0.2, 0.25) is 0 Å². The maximum absolute atomic E-state index is 12.3. The Balaban J connectivity index is 1.58. The number of rotatable bonds is 9. The molecule has 0 aliphatic carbocycles. The molecule has 2 aromatic carbocycles. The number of thiazole rings is 1. The number of anilines is 1. The van der Waals surface area contributed by atoms with E-state index in [0.29, 0.717) is 23.4 Å². The van der Waals surface area contributed by atoms with Gasteiger partial charge in [-0.05, 0) is 60.4 Å². The van der Waals surface area contributed by atoms with Gasteiger partial charge < -0.3 is 9.47 Å². The van der Waals surface area contributed by atoms with Gasteiger partial charge in [0.1, 0.15) is 11.5 Å². The summed E-state index contributed by atoms with van der Waals surface area (Å²) in [6.45, 7) is 6.89. The topological polar surface area (TPSA) is 60.5 Å². The molecule has 0 atom stereocenters. The molecule has 158 valence electrons. The van der Waals surface area contributed by atoms with E-state index < -0.39 is 0 Å². The van der Waals surface area contributed by atoms with Gasteiger partial charge >= 0.3 is 0 Å². The van der Waals surface area contributed by atoms with E-state index in [4.69, 9.17) is 9.47 Å². The number of ether oxygens (including phenoxy) is 2. The van der Waals surface area contributed by atoms with Crippen molar-refractivity contribution in [1.29, 1.82) is 0 Å². The Morgan fingerprint density at radius 3 is 2.63 bits per heavy atom. The van der Waals surface area contributed by atoms with Crippen molar-refractivity contribution in [2.24, 2.45) is 0 Å². The number of hydrogen-bond donors (Lipinski definition) is 1. The lowest BCUT2D eigenvalue weighted by molar-refractivity contribution is -0.118. The van der Waals surface area contributed by atoms with Gasteiger partial charge in [-0.15, -0.1) is 11.3 Å². The highest BCUT2D eigenvalue weighted by Crippen LogP contribution is 2.30. The second-order valence-electron chi connectivity index (χ2n) is 7.08. The van der Waals surface area contributed by atoms with Gasteiger partial charge in [0.25, 0.3) is 5.91 Å². The standard InChI is InChI=1S/C23H25BrN2O3S/c1-4-11-28-18-8-5-16(6-9-18)20-14-30-23(25-20)26-22(27)13-29-21-10-7-17(24)12-19(21)15(2)3/h5-10,12,14-15H,4,11,13H2,1-3H3,(H,25,26,27). The average molecular weight is 489 g/mol. The fourth-order valence-corrected chi connectivity index (χ4v) is 3.92. The van der Waals surface area contributed by atoms with Crippen LogP contribution in [0.25, 0.3) is 11.3 Å². The molecule has 1 N–H and O–H groups in total. The monoisotopic (exact) mass is 488 g/mol. The van der Waals surface area contributed by atoms with Crippen LogP contribution in [0.1, 0.15) is 38.7 Å². The number of carbonyl (C=O) groups excluding carboxylic acids is 1. The second kappa shape index (κ2) is 10.6. The predicted octanol–water partition coefficient (Wildman–Crippen LogP) is 6.50. The van der Waals surface area contributed by atoms with Crippen molar-refractivity contribution in [3.8, 4) is 22.8 Å². The van der Waals surface area contributed by atoms with E-state index in [9.17, 15) is 4.79 Å². The summed E-state index contributed by atoms with van der Waals surface area (Å²) in [5.74, 6) is 1.61. The van der Waals surface area contributed by atoms with E-state index in [2.05, 4.69) is 47.0 Å². The summed E-state index contributed by atoms with van der Waals surface area (Å²) in [4.78, 5) is 16.8. The van der Waals surface area contributed by atoms with Crippen molar-refractivity contribution in [2.45, 2.75) is 33.1 Å². The van der Waals surface area contributed by atoms with Crippen molar-refractivity contribution in [3.63, 3.8) is 0 Å². The number of nitrogens with zero attached hydrogens (tertiary/aromatic N) is 1. The highest BCUT2D eigenvalue weighted by atomic mass is 79.9. The molecule has 0 aliphatic rings. The molecule has 30 heavy (non-hydrogen) atoms. The zero-order chi connectivity index (χ0) is 21.5. The summed E-state index contributed by atoms with van der Waals surface area (Å²) in [6.07, 6.45) is 0.973. The third-order valence-corrected chi connectivity index (χ3v) is 5.58. The molecule has 0 spiro atoms. The van der Waals surface area contributed by atoms with Crippen LogP contribution in [0, 0.1) is 0 Å². The van der Waals surface area contributed by atoms with Crippen molar-refractivity contribution in [3.05, 3.63) is 57.9 Å². The molecule has 1 aromatic heterocycles. The quantitative estimate of drug-likeness (QED) is 0.373. The summed E-state index contributed by atoms with van der Waals surface area (Å²) in [7, 11) is 0. The number of halogens is 1. The molecule has 0 fully saturated rings. The van der Waals surface area contributed by atoms with Crippen LogP contribution in [0.2, 0.25) is 0 Å². The van der Waals surface area contributed by atoms with E-state index in [-0.39, 0.29) is 12.5 Å². The average Bonchev–Trinajstić information content (AvgIpc) is 3.20. The Bertz CT molecular complexity index is 986. The maximum Gasteiger partial charge on any atom is 0.264 e. The molecule has 1 heterocycles. The van der Waals surface area contributed by atoms with Crippen LogP contribution >= 0.6 is 27.3 Å². The number of amides is 1. The van der Waals surface area contributed by atoms with Crippen molar-refractivity contribution in [1.82, 2.24) is 4.98 Å². The van der Waals surface area contributed by atoms with Gasteiger partial charge in [0.05, 0.1) is 12.3 Å². The predicted molar refractivity (Wildman–Crippen MR) is 126 cm³/mol. The SMILES string of the molecule is CCCOc1ccc(-c2csc(NC(=O)COc3ccc(Br)cc3C(C)C)n2)cc1. The smallest absolute Gasteiger partial charge is 0.264 e. The minimum Gasteiger partial charge on any atom is -0.494 e. The first kappa shape index (κ1) is 22.3. The Kier molecular flexibility index (Phi) is 7.87. The van der Waals surface area contributed by atoms with Gasteiger partial charge in [0, 0.05) is 15.4 Å². The zero-order valence-corrected chi connectivity index (χ0v) is 19.7. The summed E-state index contributed by atoms with van der Waals surface area (Å²) in [6, 6.07) is 13.6. The number of hydrogen-bond acceptors (Lipinski definition) is 5. The highest BCUT2D eigenvalue weighted by molar-refractivity contribution is 9.10. The van der Waals surface area contributed by atoms with E-state index in [1.165, 1.54) is 11.3 Å². The Morgan fingerprint density at radius 2 is 1.93 bits per heavy atom. The molecule has 1 amide bonds. The summed E-state index contributed by atoms with van der Waals surface area (Å²) < 4.78 is 12.3. The van der Waals surface area contributed by atoms with Crippen LogP contribution in [0.4, 0.5) is 5.13 Å². The van der Waals surface area contributed by atoms with Crippen LogP contribution in [0.3, 0.4) is 0 Å². The van der Waals surface area contributed by atoms with Gasteiger partial charge in [-0.1, -0.05) is 36.7 Å². The van der Waals surface area contributed by atoms with E-state index >= 15 is 0 Å². The summed E-state index contributed by atoms with van der Waals surface area (Å²) in [5, 5.41) is 5.28. The zero-order valence-electron chi connectivity index (χ0n) is 17.3. The lowest BCUT2D eigenvalue weighted by Crippen LogP contribution is -2.20. The van der Waals surface area contributed by atoms with Crippen molar-refractivity contribution in [2.75, 3.05) is 18.5 Å². The van der Waals surface area contributed by atoms with Crippen LogP contribution in [-0.4, -0.2) is 24.1 Å². The third kappa shape index (κ3) is 6.06. The first-order chi connectivity index (χ1) is 14.5. The molecular weight excluding hydrogens is 464 g/mol. The number of benzene rings is 2. The maximum atomic E-state index is 12.3. The third-order valence-electron chi connectivity index (χ3n) is 4.33. The van der Waals surface area contributed by atoms with Gasteiger partial charge in [0.15, 0.2) is 11.7 Å². The largest absolute Gasteiger partial charge is 0.494 e. The van der Waals surface area contributed by atoms with Gasteiger partial charge in [-0.25, -0.2) is 4.98 Å². The van der Waals surface area contributed by atoms with Crippen LogP contribution in [-0.2, 0) is 4.79 Å². The fraction of sp³-hybridized carbons (Fsp3) is 0.304. The van der Waals surface area contributed by atoms with Crippen LogP contribution < -0.4 is 14.8 Å². The minimum absolute atomic E-state index is 0.0697. The molecule has 0 radical (unpaired) electrons. The number of nitrogens with one attached hydrogen (secondary N) is 1. The Morgan fingerprint density at radius 1 is 1.17 bits per heavy atom. The molecule has 0 aliphatic heterocycles. The van der Waals surface area contributed by atoms with Crippen LogP contribution in [0.5, 0.6) is 11.5 Å². The molecule has 0 saturated carbocycles. The first-order valence-electron chi connectivity index (χ1n) is 9.87. The Labute approximate surface area is 189 Å². The van der Waals surface area contributed by atoms with E-state index in [1.54, 1.807) is 0 Å². The molecule has 3 aromatic rings. The van der Waals surface area contributed by atoms with E-state index in [0.717, 1.165) is 33.5 Å². The molecule has 0 saturated heterocycles. The minimum atomic E-state index is -0.239. The number of aromatic nitrogens is 1. The van der Waals surface area contributed by atoms with Crippen molar-refractivity contribution < 1.29 is 14.3 Å². The Hall–Kier alpha value is -2.38. The highest BCUT2D eigenvalue weighted by Gasteiger charge is 2.12. The van der Waals surface area contributed by atoms with Gasteiger partial charge in [-0.2, -0.15) is 0 Å².